The number of ether oxygens (including phenoxy) is 1. The molecule has 12 heteroatoms. The van der Waals surface area contributed by atoms with E-state index in [1.54, 1.807) is 12.1 Å². The Hall–Kier alpha value is -2.15. The Morgan fingerprint density at radius 1 is 1.14 bits per heavy atom. The molecule has 0 saturated carbocycles. The first-order valence-electron chi connectivity index (χ1n) is 14.6. The fraction of sp³-hybridized carbons (Fsp3) is 0.567. The van der Waals surface area contributed by atoms with Crippen molar-refractivity contribution in [1.82, 2.24) is 9.62 Å². The molecular formula is C30H39ClF2N4O4S. The normalized spacial score (nSPS) is 26.5. The Balaban J connectivity index is 1.38. The molecule has 3 heterocycles. The van der Waals surface area contributed by atoms with E-state index in [9.17, 15) is 13.2 Å². The number of carbonyl (C=O) groups excluding carboxylic acids is 1. The van der Waals surface area contributed by atoms with Gasteiger partial charge in [0.25, 0.3) is 0 Å². The van der Waals surface area contributed by atoms with Gasteiger partial charge in [-0.3, -0.25) is 0 Å². The average molecular weight is 625 g/mol. The number of fused-ring (bicyclic) bond motifs is 2. The van der Waals surface area contributed by atoms with Crippen molar-refractivity contribution in [2.24, 2.45) is 11.7 Å². The molecule has 42 heavy (non-hydrogen) atoms. The summed E-state index contributed by atoms with van der Waals surface area (Å²) >= 11 is 6.13. The number of hydrogen-bond donors (Lipinski definition) is 3. The SMILES string of the molecule is N[C@](C=O)(CNc1c(F)ccc(F)c1CC[C@H]1CN[C@@H]2CCCS(=O)(=O)N1C2)[C@@H](c1ccc(Cl)cc1)C1CCOCC1. The minimum atomic E-state index is -3.42. The van der Waals surface area contributed by atoms with Crippen molar-refractivity contribution in [3.05, 3.63) is 64.2 Å². The topological polar surface area (TPSA) is 114 Å². The van der Waals surface area contributed by atoms with E-state index < -0.39 is 33.1 Å². The van der Waals surface area contributed by atoms with Gasteiger partial charge in [-0.15, -0.1) is 0 Å². The van der Waals surface area contributed by atoms with Crippen molar-refractivity contribution in [3.8, 4) is 0 Å². The summed E-state index contributed by atoms with van der Waals surface area (Å²) in [7, 11) is -3.42. The predicted octanol–water partition coefficient (Wildman–Crippen LogP) is 3.84. The minimum Gasteiger partial charge on any atom is -0.381 e. The first-order chi connectivity index (χ1) is 20.1. The van der Waals surface area contributed by atoms with Gasteiger partial charge in [-0.05, 0) is 74.3 Å². The van der Waals surface area contributed by atoms with Gasteiger partial charge in [0.05, 0.1) is 17.0 Å². The van der Waals surface area contributed by atoms with Crippen LogP contribution in [0.15, 0.2) is 36.4 Å². The fourth-order valence-corrected chi connectivity index (χ4v) is 8.73. The highest BCUT2D eigenvalue weighted by Crippen LogP contribution is 2.39. The quantitative estimate of drug-likeness (QED) is 0.344. The lowest BCUT2D eigenvalue weighted by Crippen LogP contribution is -2.57. The Labute approximate surface area is 251 Å². The van der Waals surface area contributed by atoms with Crippen LogP contribution in [0.4, 0.5) is 14.5 Å². The zero-order valence-electron chi connectivity index (χ0n) is 23.5. The van der Waals surface area contributed by atoms with Crippen molar-refractivity contribution >= 4 is 33.6 Å². The highest BCUT2D eigenvalue weighted by atomic mass is 35.5. The van der Waals surface area contributed by atoms with Crippen LogP contribution in [-0.2, 0) is 26.0 Å². The molecule has 0 aliphatic carbocycles. The number of rotatable bonds is 10. The number of aldehydes is 1. The molecule has 0 aromatic heterocycles. The number of nitrogens with one attached hydrogen (secondary N) is 2. The molecule has 2 aromatic carbocycles. The summed E-state index contributed by atoms with van der Waals surface area (Å²) < 4.78 is 63.4. The predicted molar refractivity (Wildman–Crippen MR) is 159 cm³/mol. The maximum Gasteiger partial charge on any atom is 0.214 e. The molecule has 2 aromatic rings. The molecule has 8 nitrogen and oxygen atoms in total. The summed E-state index contributed by atoms with van der Waals surface area (Å²) in [6.07, 6.45) is 3.90. The van der Waals surface area contributed by atoms with Crippen LogP contribution in [0.3, 0.4) is 0 Å². The van der Waals surface area contributed by atoms with Gasteiger partial charge in [0.2, 0.25) is 10.0 Å². The van der Waals surface area contributed by atoms with Crippen LogP contribution >= 0.6 is 11.6 Å². The zero-order chi connectivity index (χ0) is 29.9. The number of halogens is 3. The average Bonchev–Trinajstić information content (AvgIpc) is 3.10. The molecule has 2 bridgehead atoms. The van der Waals surface area contributed by atoms with Crippen LogP contribution in [0.5, 0.6) is 0 Å². The summed E-state index contributed by atoms with van der Waals surface area (Å²) in [6.45, 7) is 1.79. The third kappa shape index (κ3) is 6.81. The van der Waals surface area contributed by atoms with Crippen LogP contribution in [0.25, 0.3) is 0 Å². The lowest BCUT2D eigenvalue weighted by molar-refractivity contribution is -0.113. The largest absolute Gasteiger partial charge is 0.381 e. The number of nitrogens with zero attached hydrogens (tertiary/aromatic N) is 1. The van der Waals surface area contributed by atoms with E-state index in [1.165, 1.54) is 4.31 Å². The maximum absolute atomic E-state index is 15.3. The standard InChI is InChI=1S/C30H39ClF2N4O4S/c31-22-5-3-20(4-6-22)28(21-11-13-41-14-12-21)30(34,19-38)18-36-29-25(26(32)9-10-27(29)33)8-7-24-16-35-23-2-1-15-42(39,40)37(24)17-23/h3-6,9-10,19,21,23-24,28,35-36H,1-2,7-8,11-18,34H2/t23-,24+,28+,30+/m1/s1. The molecule has 5 atom stereocenters. The van der Waals surface area contributed by atoms with Crippen LogP contribution in [-0.4, -0.2) is 75.2 Å². The monoisotopic (exact) mass is 624 g/mol. The lowest BCUT2D eigenvalue weighted by atomic mass is 9.70. The molecule has 0 spiro atoms. The van der Waals surface area contributed by atoms with Crippen molar-refractivity contribution < 1.29 is 26.7 Å². The summed E-state index contributed by atoms with van der Waals surface area (Å²) in [4.78, 5) is 12.7. The molecule has 3 fully saturated rings. The van der Waals surface area contributed by atoms with Gasteiger partial charge >= 0.3 is 0 Å². The molecule has 5 rings (SSSR count). The first kappa shape index (κ1) is 31.3. The van der Waals surface area contributed by atoms with E-state index >= 15 is 8.78 Å². The van der Waals surface area contributed by atoms with E-state index in [1.807, 2.05) is 12.1 Å². The van der Waals surface area contributed by atoms with Gasteiger partial charge in [-0.25, -0.2) is 17.2 Å². The van der Waals surface area contributed by atoms with E-state index in [4.69, 9.17) is 22.1 Å². The van der Waals surface area contributed by atoms with Crippen LogP contribution in [0, 0.1) is 17.6 Å². The van der Waals surface area contributed by atoms with Crippen LogP contribution in [0.1, 0.15) is 49.1 Å². The number of sulfonamides is 1. The van der Waals surface area contributed by atoms with Gasteiger partial charge in [0.15, 0.2) is 0 Å². The van der Waals surface area contributed by atoms with Gasteiger partial charge in [0.1, 0.15) is 17.9 Å². The van der Waals surface area contributed by atoms with Crippen molar-refractivity contribution in [2.75, 3.05) is 43.9 Å². The van der Waals surface area contributed by atoms with E-state index in [2.05, 4.69) is 10.6 Å². The van der Waals surface area contributed by atoms with E-state index in [0.717, 1.165) is 24.1 Å². The number of nitrogens with two attached hydrogens (primary N) is 1. The third-order valence-electron chi connectivity index (χ3n) is 9.03. The number of hydrogen-bond acceptors (Lipinski definition) is 7. The van der Waals surface area contributed by atoms with Gasteiger partial charge in [0, 0.05) is 61.4 Å². The Morgan fingerprint density at radius 2 is 1.86 bits per heavy atom. The molecule has 4 N–H and O–H groups in total. The smallest absolute Gasteiger partial charge is 0.214 e. The van der Waals surface area contributed by atoms with Crippen LogP contribution in [0.2, 0.25) is 5.02 Å². The van der Waals surface area contributed by atoms with Crippen molar-refractivity contribution in [3.63, 3.8) is 0 Å². The highest BCUT2D eigenvalue weighted by Gasteiger charge is 2.42. The van der Waals surface area contributed by atoms with E-state index in [0.29, 0.717) is 63.3 Å². The second-order valence-electron chi connectivity index (χ2n) is 11.8. The molecular weight excluding hydrogens is 586 g/mol. The van der Waals surface area contributed by atoms with Crippen molar-refractivity contribution in [1.29, 1.82) is 0 Å². The molecule has 3 aliphatic heterocycles. The minimum absolute atomic E-state index is 0.0342. The zero-order valence-corrected chi connectivity index (χ0v) is 25.1. The maximum atomic E-state index is 15.3. The van der Waals surface area contributed by atoms with Gasteiger partial charge in [-0.1, -0.05) is 23.7 Å². The van der Waals surface area contributed by atoms with Gasteiger partial charge in [-0.2, -0.15) is 4.31 Å². The molecule has 3 aliphatic rings. The third-order valence-corrected chi connectivity index (χ3v) is 11.2. The summed E-state index contributed by atoms with van der Waals surface area (Å²) in [5.74, 6) is -1.57. The van der Waals surface area contributed by atoms with Crippen molar-refractivity contribution in [2.45, 2.75) is 62.1 Å². The summed E-state index contributed by atoms with van der Waals surface area (Å²) in [5.41, 5.74) is 6.25. The Kier molecular flexibility index (Phi) is 9.86. The fourth-order valence-electron chi connectivity index (χ4n) is 6.79. The second kappa shape index (κ2) is 13.2. The Bertz CT molecular complexity index is 1360. The molecule has 0 amide bonds. The number of benzene rings is 2. The highest BCUT2D eigenvalue weighted by molar-refractivity contribution is 7.89. The van der Waals surface area contributed by atoms with E-state index in [-0.39, 0.29) is 48.0 Å². The molecule has 230 valence electrons. The molecule has 0 radical (unpaired) electrons. The number of carbonyl (C=O) groups is 1. The summed E-state index contributed by atoms with van der Waals surface area (Å²) in [6, 6.07) is 9.04. The Morgan fingerprint density at radius 3 is 2.57 bits per heavy atom. The van der Waals surface area contributed by atoms with Crippen LogP contribution < -0.4 is 16.4 Å². The number of piperazine rings is 1. The lowest BCUT2D eigenvalue weighted by Gasteiger charge is -2.40. The molecule has 3 saturated heterocycles. The second-order valence-corrected chi connectivity index (χ2v) is 14.2. The van der Waals surface area contributed by atoms with Gasteiger partial charge < -0.3 is 25.9 Å². The first-order valence-corrected chi connectivity index (χ1v) is 16.6. The summed E-state index contributed by atoms with van der Waals surface area (Å²) in [5, 5.41) is 6.96. The number of anilines is 1. The molecule has 1 unspecified atom stereocenters.